The third-order valence-corrected chi connectivity index (χ3v) is 4.81. The molecule has 2 rings (SSSR count). The Bertz CT molecular complexity index is 641. The zero-order valence-corrected chi connectivity index (χ0v) is 14.0. The van der Waals surface area contributed by atoms with Gasteiger partial charge in [-0.3, -0.25) is 14.4 Å². The molecule has 1 unspecified atom stereocenters. The molecule has 7 heteroatoms. The van der Waals surface area contributed by atoms with Gasteiger partial charge in [0.2, 0.25) is 0 Å². The van der Waals surface area contributed by atoms with E-state index in [2.05, 4.69) is 20.9 Å². The molecular formula is C15H19BrN2O4. The van der Waals surface area contributed by atoms with Crippen LogP contribution >= 0.6 is 15.9 Å². The second kappa shape index (κ2) is 7.09. The van der Waals surface area contributed by atoms with Gasteiger partial charge in [-0.15, -0.1) is 0 Å². The van der Waals surface area contributed by atoms with E-state index in [0.29, 0.717) is 23.1 Å². The van der Waals surface area contributed by atoms with Crippen LogP contribution in [0.4, 0.5) is 0 Å². The molecule has 1 aliphatic rings. The van der Waals surface area contributed by atoms with Crippen molar-refractivity contribution in [3.8, 4) is 0 Å². The monoisotopic (exact) mass is 370 g/mol. The fraction of sp³-hybridized carbons (Fsp3) is 0.533. The number of amides is 1. The Kier molecular flexibility index (Phi) is 5.39. The quantitative estimate of drug-likeness (QED) is 0.850. The lowest BCUT2D eigenvalue weighted by Crippen LogP contribution is -2.45. The summed E-state index contributed by atoms with van der Waals surface area (Å²) in [6, 6.07) is 1.43. The summed E-state index contributed by atoms with van der Waals surface area (Å²) in [5, 5.41) is 8.83. The molecule has 22 heavy (non-hydrogen) atoms. The molecule has 0 spiro atoms. The van der Waals surface area contributed by atoms with Crippen LogP contribution < -0.4 is 5.56 Å². The normalized spacial score (nSPS) is 18.3. The molecule has 0 aliphatic carbocycles. The maximum absolute atomic E-state index is 12.7. The van der Waals surface area contributed by atoms with Crippen molar-refractivity contribution in [2.24, 2.45) is 0 Å². The number of nitrogens with one attached hydrogen (secondary N) is 1. The Morgan fingerprint density at radius 2 is 2.18 bits per heavy atom. The van der Waals surface area contributed by atoms with E-state index < -0.39 is 11.5 Å². The van der Waals surface area contributed by atoms with Gasteiger partial charge in [0.25, 0.3) is 11.5 Å². The lowest BCUT2D eigenvalue weighted by Gasteiger charge is -2.35. The Morgan fingerprint density at radius 1 is 1.45 bits per heavy atom. The fourth-order valence-corrected chi connectivity index (χ4v) is 3.10. The van der Waals surface area contributed by atoms with E-state index in [-0.39, 0.29) is 23.9 Å². The van der Waals surface area contributed by atoms with E-state index >= 15 is 0 Å². The van der Waals surface area contributed by atoms with Gasteiger partial charge in [-0.05, 0) is 54.6 Å². The molecule has 0 bridgehead atoms. The highest BCUT2D eigenvalue weighted by atomic mass is 79.9. The molecule has 1 atom stereocenters. The van der Waals surface area contributed by atoms with Crippen LogP contribution in [0, 0.1) is 6.92 Å². The molecule has 1 fully saturated rings. The maximum Gasteiger partial charge on any atom is 0.303 e. The first-order valence-electron chi connectivity index (χ1n) is 7.32. The Labute approximate surface area is 136 Å². The van der Waals surface area contributed by atoms with Gasteiger partial charge < -0.3 is 15.0 Å². The molecule has 1 amide bonds. The topological polar surface area (TPSA) is 90.5 Å². The molecule has 120 valence electrons. The van der Waals surface area contributed by atoms with Crippen molar-refractivity contribution in [2.45, 2.75) is 45.1 Å². The molecule has 6 nitrogen and oxygen atoms in total. The minimum atomic E-state index is -0.867. The summed E-state index contributed by atoms with van der Waals surface area (Å²) in [5.74, 6) is -1.19. The van der Waals surface area contributed by atoms with E-state index in [0.717, 1.165) is 19.3 Å². The maximum atomic E-state index is 12.7. The zero-order chi connectivity index (χ0) is 16.3. The third-order valence-electron chi connectivity index (χ3n) is 3.98. The molecule has 2 heterocycles. The first kappa shape index (κ1) is 16.7. The largest absolute Gasteiger partial charge is 0.481 e. The standard InChI is InChI=1S/C15H19BrN2O4/c1-9-12(16)8-11(14(21)17-9)15(22)18-7-3-2-4-10(18)5-6-13(19)20/h8,10H,2-7H2,1H3,(H,17,21)(H,19,20). The van der Waals surface area contributed by atoms with Gasteiger partial charge in [0, 0.05) is 29.2 Å². The number of piperidine rings is 1. The van der Waals surface area contributed by atoms with Gasteiger partial charge in [0.15, 0.2) is 0 Å². The number of carbonyl (C=O) groups excluding carboxylic acids is 1. The molecule has 1 aromatic heterocycles. The van der Waals surface area contributed by atoms with Gasteiger partial charge in [0.05, 0.1) is 0 Å². The number of pyridine rings is 1. The second-order valence-electron chi connectivity index (χ2n) is 5.57. The Hall–Kier alpha value is -1.63. The van der Waals surface area contributed by atoms with E-state index in [4.69, 9.17) is 5.11 Å². The lowest BCUT2D eigenvalue weighted by molar-refractivity contribution is -0.137. The number of rotatable bonds is 4. The van der Waals surface area contributed by atoms with Crippen LogP contribution in [0.25, 0.3) is 0 Å². The molecule has 1 saturated heterocycles. The van der Waals surface area contributed by atoms with Crippen molar-refractivity contribution in [3.63, 3.8) is 0 Å². The predicted molar refractivity (Wildman–Crippen MR) is 85.0 cm³/mol. The smallest absolute Gasteiger partial charge is 0.303 e. The first-order valence-corrected chi connectivity index (χ1v) is 8.11. The molecule has 0 aromatic carbocycles. The van der Waals surface area contributed by atoms with Gasteiger partial charge >= 0.3 is 5.97 Å². The number of nitrogens with zero attached hydrogens (tertiary/aromatic N) is 1. The van der Waals surface area contributed by atoms with Crippen molar-refractivity contribution in [2.75, 3.05) is 6.54 Å². The van der Waals surface area contributed by atoms with E-state index in [9.17, 15) is 14.4 Å². The van der Waals surface area contributed by atoms with Crippen molar-refractivity contribution >= 4 is 27.8 Å². The van der Waals surface area contributed by atoms with Crippen molar-refractivity contribution in [1.82, 2.24) is 9.88 Å². The van der Waals surface area contributed by atoms with Gasteiger partial charge in [-0.2, -0.15) is 0 Å². The highest BCUT2D eigenvalue weighted by Gasteiger charge is 2.29. The summed E-state index contributed by atoms with van der Waals surface area (Å²) >= 11 is 3.32. The van der Waals surface area contributed by atoms with E-state index in [1.165, 1.54) is 0 Å². The summed E-state index contributed by atoms with van der Waals surface area (Å²) in [4.78, 5) is 39.8. The summed E-state index contributed by atoms with van der Waals surface area (Å²) in [5.41, 5.74) is 0.357. The van der Waals surface area contributed by atoms with Crippen LogP contribution in [0.5, 0.6) is 0 Å². The molecule has 0 saturated carbocycles. The van der Waals surface area contributed by atoms with Crippen LogP contribution in [-0.2, 0) is 4.79 Å². The van der Waals surface area contributed by atoms with Gasteiger partial charge in [-0.1, -0.05) is 0 Å². The zero-order valence-electron chi connectivity index (χ0n) is 12.4. The van der Waals surface area contributed by atoms with Gasteiger partial charge in [0.1, 0.15) is 5.56 Å². The second-order valence-corrected chi connectivity index (χ2v) is 6.42. The number of likely N-dealkylation sites (tertiary alicyclic amines) is 1. The van der Waals surface area contributed by atoms with Crippen LogP contribution in [0.3, 0.4) is 0 Å². The summed E-state index contributed by atoms with van der Waals surface area (Å²) < 4.78 is 0.676. The Morgan fingerprint density at radius 3 is 2.86 bits per heavy atom. The SMILES string of the molecule is Cc1[nH]c(=O)c(C(=O)N2CCCCC2CCC(=O)O)cc1Br. The highest BCUT2D eigenvalue weighted by Crippen LogP contribution is 2.23. The number of carboxylic acid groups (broad SMARTS) is 1. The minimum Gasteiger partial charge on any atom is -0.481 e. The van der Waals surface area contributed by atoms with Crippen LogP contribution in [0.1, 0.15) is 48.2 Å². The number of carbonyl (C=O) groups is 2. The number of H-pyrrole nitrogens is 1. The lowest BCUT2D eigenvalue weighted by atomic mass is 9.97. The van der Waals surface area contributed by atoms with Gasteiger partial charge in [-0.25, -0.2) is 0 Å². The average Bonchev–Trinajstić information content (AvgIpc) is 2.48. The van der Waals surface area contributed by atoms with E-state index in [1.807, 2.05) is 0 Å². The number of aryl methyl sites for hydroxylation is 1. The van der Waals surface area contributed by atoms with Crippen LogP contribution in [0.15, 0.2) is 15.3 Å². The van der Waals surface area contributed by atoms with Crippen molar-refractivity contribution in [1.29, 1.82) is 0 Å². The number of aromatic nitrogens is 1. The minimum absolute atomic E-state index is 0.0302. The third kappa shape index (κ3) is 3.76. The number of carboxylic acids is 1. The van der Waals surface area contributed by atoms with Crippen molar-refractivity contribution < 1.29 is 14.7 Å². The average molecular weight is 371 g/mol. The van der Waals surface area contributed by atoms with Crippen LogP contribution in [0.2, 0.25) is 0 Å². The highest BCUT2D eigenvalue weighted by molar-refractivity contribution is 9.10. The number of hydrogen-bond donors (Lipinski definition) is 2. The number of hydrogen-bond acceptors (Lipinski definition) is 3. The van der Waals surface area contributed by atoms with Crippen LogP contribution in [-0.4, -0.2) is 39.5 Å². The summed E-state index contributed by atoms with van der Waals surface area (Å²) in [7, 11) is 0. The van der Waals surface area contributed by atoms with E-state index in [1.54, 1.807) is 17.9 Å². The number of halogens is 1. The number of aromatic amines is 1. The molecule has 2 N–H and O–H groups in total. The summed E-state index contributed by atoms with van der Waals surface area (Å²) in [6.07, 6.45) is 3.08. The number of aliphatic carboxylic acids is 1. The summed E-state index contributed by atoms with van der Waals surface area (Å²) in [6.45, 7) is 2.31. The van der Waals surface area contributed by atoms with Crippen molar-refractivity contribution in [3.05, 3.63) is 32.2 Å². The fourth-order valence-electron chi connectivity index (χ4n) is 2.77. The Balaban J connectivity index is 2.23. The molecular weight excluding hydrogens is 352 g/mol. The molecule has 0 radical (unpaired) electrons. The predicted octanol–water partition coefficient (Wildman–Crippen LogP) is 2.31. The first-order chi connectivity index (χ1) is 10.4. The molecule has 1 aliphatic heterocycles. The molecule has 1 aromatic rings.